The maximum atomic E-state index is 11.8. The number of hydrogen-bond donors (Lipinski definition) is 2. The fraction of sp³-hybridized carbons (Fsp3) is 0.250. The molecule has 0 fully saturated rings. The quantitative estimate of drug-likeness (QED) is 0.818. The maximum absolute atomic E-state index is 11.8. The first-order valence-electron chi connectivity index (χ1n) is 6.67. The van der Waals surface area contributed by atoms with Gasteiger partial charge in [-0.1, -0.05) is 25.1 Å². The number of hydrogen-bond acceptors (Lipinski definition) is 3. The molecular weight excluding hydrogens is 252 g/mol. The summed E-state index contributed by atoms with van der Waals surface area (Å²) in [7, 11) is 0. The first-order chi connectivity index (χ1) is 9.74. The van der Waals surface area contributed by atoms with Crippen molar-refractivity contribution in [3.05, 3.63) is 48.2 Å². The molecule has 4 heteroatoms. The number of rotatable bonds is 5. The molecule has 0 bridgehead atoms. The fourth-order valence-corrected chi connectivity index (χ4v) is 1.95. The third kappa shape index (κ3) is 3.42. The van der Waals surface area contributed by atoms with Crippen molar-refractivity contribution < 1.29 is 9.90 Å². The van der Waals surface area contributed by atoms with Crippen molar-refractivity contribution in [2.45, 2.75) is 19.4 Å². The number of amides is 1. The van der Waals surface area contributed by atoms with E-state index in [0.717, 1.165) is 16.5 Å². The van der Waals surface area contributed by atoms with E-state index in [1.807, 2.05) is 37.3 Å². The second-order valence-corrected chi connectivity index (χ2v) is 4.55. The molecular formula is C16H18N2O2. The van der Waals surface area contributed by atoms with Crippen LogP contribution < -0.4 is 5.32 Å². The maximum Gasteiger partial charge on any atom is 0.244 e. The van der Waals surface area contributed by atoms with E-state index in [2.05, 4.69) is 10.3 Å². The second-order valence-electron chi connectivity index (χ2n) is 4.55. The van der Waals surface area contributed by atoms with Crippen molar-refractivity contribution in [1.29, 1.82) is 0 Å². The van der Waals surface area contributed by atoms with Crippen LogP contribution in [-0.4, -0.2) is 28.6 Å². The summed E-state index contributed by atoms with van der Waals surface area (Å²) in [5.74, 6) is -0.202. The molecule has 2 rings (SSSR count). The molecule has 0 spiro atoms. The lowest BCUT2D eigenvalue weighted by molar-refractivity contribution is -0.117. The van der Waals surface area contributed by atoms with Gasteiger partial charge in [0.2, 0.25) is 5.91 Å². The summed E-state index contributed by atoms with van der Waals surface area (Å²) in [6.07, 6.45) is 5.68. The highest BCUT2D eigenvalue weighted by Crippen LogP contribution is 2.17. The smallest absolute Gasteiger partial charge is 0.244 e. The first kappa shape index (κ1) is 14.2. The highest BCUT2D eigenvalue weighted by atomic mass is 16.3. The highest BCUT2D eigenvalue weighted by molar-refractivity contribution is 5.95. The number of aliphatic hydroxyl groups is 1. The Labute approximate surface area is 118 Å². The van der Waals surface area contributed by atoms with Crippen LogP contribution in [0.15, 0.2) is 42.6 Å². The van der Waals surface area contributed by atoms with E-state index in [1.165, 1.54) is 6.08 Å². The number of pyridine rings is 1. The lowest BCUT2D eigenvalue weighted by atomic mass is 10.1. The number of carbonyl (C=O) groups excluding carboxylic acids is 1. The Balaban J connectivity index is 2.15. The van der Waals surface area contributed by atoms with E-state index in [0.29, 0.717) is 6.42 Å². The number of nitrogens with zero attached hydrogens (tertiary/aromatic N) is 1. The molecule has 1 unspecified atom stereocenters. The number of fused-ring (bicyclic) bond motifs is 1. The van der Waals surface area contributed by atoms with Crippen molar-refractivity contribution in [1.82, 2.24) is 10.3 Å². The molecule has 4 nitrogen and oxygen atoms in total. The molecule has 0 saturated heterocycles. The number of nitrogens with one attached hydrogen (secondary N) is 1. The van der Waals surface area contributed by atoms with E-state index >= 15 is 0 Å². The van der Waals surface area contributed by atoms with E-state index in [1.54, 1.807) is 12.3 Å². The minimum atomic E-state index is -0.202. The largest absolute Gasteiger partial charge is 0.394 e. The van der Waals surface area contributed by atoms with E-state index < -0.39 is 0 Å². The Kier molecular flexibility index (Phi) is 4.85. The Morgan fingerprint density at radius 2 is 2.20 bits per heavy atom. The van der Waals surface area contributed by atoms with Crippen LogP contribution in [0.4, 0.5) is 0 Å². The topological polar surface area (TPSA) is 62.2 Å². The van der Waals surface area contributed by atoms with Gasteiger partial charge in [0.05, 0.1) is 18.2 Å². The Hall–Kier alpha value is -2.20. The summed E-state index contributed by atoms with van der Waals surface area (Å²) < 4.78 is 0. The van der Waals surface area contributed by atoms with Crippen molar-refractivity contribution in [2.24, 2.45) is 0 Å². The second kappa shape index (κ2) is 6.82. The number of carbonyl (C=O) groups is 1. The fourth-order valence-electron chi connectivity index (χ4n) is 1.95. The highest BCUT2D eigenvalue weighted by Gasteiger charge is 2.06. The molecule has 0 radical (unpaired) electrons. The SMILES string of the molecule is CCC(CO)NC(=O)/C=C/c1ccnc2ccccc12. The van der Waals surface area contributed by atoms with Crippen LogP contribution in [0.2, 0.25) is 0 Å². The summed E-state index contributed by atoms with van der Waals surface area (Å²) >= 11 is 0. The van der Waals surface area contributed by atoms with Crippen molar-refractivity contribution in [3.63, 3.8) is 0 Å². The molecule has 1 aromatic carbocycles. The summed E-state index contributed by atoms with van der Waals surface area (Å²) in [6.45, 7) is 1.87. The summed E-state index contributed by atoms with van der Waals surface area (Å²) in [5.41, 5.74) is 1.85. The minimum absolute atomic E-state index is 0.0474. The third-order valence-electron chi connectivity index (χ3n) is 3.16. The average molecular weight is 270 g/mol. The van der Waals surface area contributed by atoms with Gasteiger partial charge in [0.15, 0.2) is 0 Å². The van der Waals surface area contributed by atoms with Crippen LogP contribution in [0.3, 0.4) is 0 Å². The monoisotopic (exact) mass is 270 g/mol. The van der Waals surface area contributed by atoms with Gasteiger partial charge in [0, 0.05) is 17.7 Å². The van der Waals surface area contributed by atoms with Gasteiger partial charge < -0.3 is 10.4 Å². The van der Waals surface area contributed by atoms with Crippen molar-refractivity contribution in [3.8, 4) is 0 Å². The van der Waals surface area contributed by atoms with Gasteiger partial charge >= 0.3 is 0 Å². The van der Waals surface area contributed by atoms with Crippen LogP contribution in [0, 0.1) is 0 Å². The predicted molar refractivity (Wildman–Crippen MR) is 80.1 cm³/mol. The molecule has 20 heavy (non-hydrogen) atoms. The van der Waals surface area contributed by atoms with Gasteiger partial charge in [-0.15, -0.1) is 0 Å². The standard InChI is InChI=1S/C16H18N2O2/c1-2-13(11-19)18-16(20)8-7-12-9-10-17-15-6-4-3-5-14(12)15/h3-10,13,19H,2,11H2,1H3,(H,18,20)/b8-7+. The van der Waals surface area contributed by atoms with Gasteiger partial charge in [-0.2, -0.15) is 0 Å². The zero-order valence-electron chi connectivity index (χ0n) is 11.4. The number of para-hydroxylation sites is 1. The third-order valence-corrected chi connectivity index (χ3v) is 3.16. The van der Waals surface area contributed by atoms with Crippen LogP contribution >= 0.6 is 0 Å². The first-order valence-corrected chi connectivity index (χ1v) is 6.67. The van der Waals surface area contributed by atoms with Gasteiger partial charge in [0.25, 0.3) is 0 Å². The van der Waals surface area contributed by atoms with Gasteiger partial charge in [-0.25, -0.2) is 0 Å². The summed E-state index contributed by atoms with van der Waals surface area (Å²) in [5, 5.41) is 12.8. The summed E-state index contributed by atoms with van der Waals surface area (Å²) in [6, 6.07) is 9.47. The molecule has 1 heterocycles. The number of aromatic nitrogens is 1. The molecule has 1 amide bonds. The van der Waals surface area contributed by atoms with Gasteiger partial charge in [-0.05, 0) is 30.2 Å². The van der Waals surface area contributed by atoms with Gasteiger partial charge in [-0.3, -0.25) is 9.78 Å². The zero-order valence-corrected chi connectivity index (χ0v) is 11.4. The lowest BCUT2D eigenvalue weighted by Crippen LogP contribution is -2.35. The Bertz CT molecular complexity index is 613. The van der Waals surface area contributed by atoms with Crippen LogP contribution in [0.5, 0.6) is 0 Å². The van der Waals surface area contributed by atoms with Crippen molar-refractivity contribution >= 4 is 22.9 Å². The molecule has 104 valence electrons. The number of aliphatic hydroxyl groups excluding tert-OH is 1. The normalized spacial score (nSPS) is 12.7. The average Bonchev–Trinajstić information content (AvgIpc) is 2.50. The molecule has 2 aromatic rings. The van der Waals surface area contributed by atoms with Crippen LogP contribution in [0.1, 0.15) is 18.9 Å². The van der Waals surface area contributed by atoms with Gasteiger partial charge in [0.1, 0.15) is 0 Å². The minimum Gasteiger partial charge on any atom is -0.394 e. The van der Waals surface area contributed by atoms with E-state index in [4.69, 9.17) is 5.11 Å². The summed E-state index contributed by atoms with van der Waals surface area (Å²) in [4.78, 5) is 16.0. The Morgan fingerprint density at radius 3 is 2.95 bits per heavy atom. The van der Waals surface area contributed by atoms with Crippen molar-refractivity contribution in [2.75, 3.05) is 6.61 Å². The van der Waals surface area contributed by atoms with E-state index in [9.17, 15) is 4.79 Å². The molecule has 1 atom stereocenters. The molecule has 0 aliphatic heterocycles. The zero-order chi connectivity index (χ0) is 14.4. The Morgan fingerprint density at radius 1 is 1.40 bits per heavy atom. The van der Waals surface area contributed by atoms with E-state index in [-0.39, 0.29) is 18.6 Å². The predicted octanol–water partition coefficient (Wildman–Crippen LogP) is 2.14. The molecule has 0 saturated carbocycles. The van der Waals surface area contributed by atoms with Crippen LogP contribution in [-0.2, 0) is 4.79 Å². The van der Waals surface area contributed by atoms with Crippen LogP contribution in [0.25, 0.3) is 17.0 Å². The molecule has 1 aromatic heterocycles. The molecule has 2 N–H and O–H groups in total. The molecule has 0 aliphatic rings. The molecule has 0 aliphatic carbocycles. The number of benzene rings is 1. The lowest BCUT2D eigenvalue weighted by Gasteiger charge is -2.11.